The summed E-state index contributed by atoms with van der Waals surface area (Å²) in [6.07, 6.45) is 0. The third-order valence-corrected chi connectivity index (χ3v) is 11.0. The highest BCUT2D eigenvalue weighted by Crippen LogP contribution is 2.53. The van der Waals surface area contributed by atoms with E-state index in [4.69, 9.17) is 30.0 Å². The second-order valence-corrected chi connectivity index (χ2v) is 13.9. The smallest absolute Gasteiger partial charge is 0.238 e. The third kappa shape index (κ3) is 4.51. The summed E-state index contributed by atoms with van der Waals surface area (Å²) in [5.74, 6) is -0.0820. The van der Waals surface area contributed by atoms with E-state index in [0.717, 1.165) is 35.9 Å². The largest absolute Gasteiger partial charge is 0.278 e. The Morgan fingerprint density at radius 3 is 2.13 bits per heavy atom. The number of fused-ring (bicyclic) bond motifs is 10. The zero-order chi connectivity index (χ0) is 49.0. The van der Waals surface area contributed by atoms with Gasteiger partial charge >= 0.3 is 0 Å². The summed E-state index contributed by atoms with van der Waals surface area (Å²) in [4.78, 5) is 14.8. The monoisotopic (exact) mass is 712 g/mol. The van der Waals surface area contributed by atoms with Crippen molar-refractivity contribution >= 4 is 53.3 Å². The Balaban J connectivity index is 1.32. The van der Waals surface area contributed by atoms with Crippen molar-refractivity contribution < 1.29 is 21.9 Å². The molecular weight excluding hydrogens is 665 g/mol. The number of hydrogen-bond donors (Lipinski definition) is 0. The minimum Gasteiger partial charge on any atom is -0.278 e. The summed E-state index contributed by atoms with van der Waals surface area (Å²) in [7, 11) is 0. The molecule has 7 aromatic carbocycles. The Kier molecular flexibility index (Phi) is 3.91. The van der Waals surface area contributed by atoms with Crippen LogP contribution in [-0.2, 0) is 5.41 Å². The molecule has 4 nitrogen and oxygen atoms in total. The summed E-state index contributed by atoms with van der Waals surface area (Å²) >= 11 is 1.60. The summed E-state index contributed by atoms with van der Waals surface area (Å²) < 4.78 is 148. The van der Waals surface area contributed by atoms with Gasteiger partial charge in [0.05, 0.1) is 24.7 Å². The Hall–Kier alpha value is -6.43. The first kappa shape index (κ1) is 18.4. The highest BCUT2D eigenvalue weighted by Gasteiger charge is 2.37. The molecule has 0 atom stereocenters. The number of aromatic nitrogens is 4. The minimum absolute atomic E-state index is 0.0998. The number of benzene rings is 7. The fourth-order valence-corrected chi connectivity index (χ4v) is 8.42. The number of rotatable bonds is 4. The van der Waals surface area contributed by atoms with Crippen molar-refractivity contribution in [2.45, 2.75) is 19.1 Å². The molecule has 11 rings (SSSR count). The molecule has 0 unspecified atom stereocenters. The van der Waals surface area contributed by atoms with Crippen LogP contribution < -0.4 is 0 Å². The average molecular weight is 713 g/mol. The molecule has 10 aromatic rings. The summed E-state index contributed by atoms with van der Waals surface area (Å²) in [6, 6.07) is 22.4. The Labute approximate surface area is 333 Å². The molecule has 0 bridgehead atoms. The Morgan fingerprint density at radius 2 is 1.26 bits per heavy atom. The molecule has 1 aliphatic rings. The average Bonchev–Trinajstić information content (AvgIpc) is 4.00. The van der Waals surface area contributed by atoms with E-state index in [1.54, 1.807) is 23.5 Å². The lowest BCUT2D eigenvalue weighted by molar-refractivity contribution is 0.661. The second kappa shape index (κ2) is 11.3. The number of para-hydroxylation sites is 1. The maximum atomic E-state index is 9.77. The number of thiophene rings is 1. The van der Waals surface area contributed by atoms with Crippen LogP contribution in [0.5, 0.6) is 0 Å². The van der Waals surface area contributed by atoms with Crippen molar-refractivity contribution in [1.82, 2.24) is 19.5 Å². The van der Waals surface area contributed by atoms with Gasteiger partial charge in [-0.05, 0) is 69.7 Å². The maximum absolute atomic E-state index is 9.77. The van der Waals surface area contributed by atoms with E-state index >= 15 is 0 Å². The van der Waals surface area contributed by atoms with Crippen molar-refractivity contribution in [3.05, 3.63) is 169 Å². The van der Waals surface area contributed by atoms with Crippen molar-refractivity contribution in [3.63, 3.8) is 0 Å². The minimum atomic E-state index is -3.65. The van der Waals surface area contributed by atoms with Crippen LogP contribution in [0.1, 0.15) is 46.8 Å². The maximum Gasteiger partial charge on any atom is 0.238 e. The molecule has 0 spiro atoms. The van der Waals surface area contributed by atoms with Crippen LogP contribution in [-0.4, -0.2) is 19.5 Å². The van der Waals surface area contributed by atoms with Gasteiger partial charge in [0.2, 0.25) is 5.95 Å². The summed E-state index contributed by atoms with van der Waals surface area (Å²) in [5, 5.41) is 1.19. The van der Waals surface area contributed by atoms with Crippen molar-refractivity contribution in [1.29, 1.82) is 0 Å². The topological polar surface area (TPSA) is 43.6 Å². The molecule has 0 saturated carbocycles. The highest BCUT2D eigenvalue weighted by molar-refractivity contribution is 7.25. The molecule has 1 aliphatic carbocycles. The lowest BCUT2D eigenvalue weighted by Crippen LogP contribution is -2.14. The van der Waals surface area contributed by atoms with Crippen molar-refractivity contribution in [2.24, 2.45) is 0 Å². The van der Waals surface area contributed by atoms with E-state index in [2.05, 4.69) is 0 Å². The standard InChI is InChI=1S/C48H32N4S/c1-48(2)37-17-9-6-15-34(37)43-38(48)25-26-40-44(43)35-16-7-10-18-39(35)52(40)47-50-45(31-22-20-30(21-23-31)29-12-4-3-5-13-29)49-46(51-47)32-24-27-42-36(28-32)33-14-8-11-19-41(33)53-42/h3-28H,1-2H3/i1D3,2D3,6D,7D,9D,10D,15D,16D,17D,18D,25D,26D. The van der Waals surface area contributed by atoms with E-state index in [0.29, 0.717) is 11.1 Å². The molecule has 3 aromatic heterocycles. The normalized spacial score (nSPS) is 18.0. The highest BCUT2D eigenvalue weighted by atomic mass is 32.1. The Bertz CT molecular complexity index is 3870. The van der Waals surface area contributed by atoms with Gasteiger partial charge in [0, 0.05) is 55.7 Å². The predicted octanol–water partition coefficient (Wildman–Crippen LogP) is 12.6. The van der Waals surface area contributed by atoms with Gasteiger partial charge in [-0.1, -0.05) is 135 Å². The molecule has 0 N–H and O–H groups in total. The number of nitrogens with zero attached hydrogens (tertiary/aromatic N) is 4. The SMILES string of the molecule is [2H]c1c([2H])c([2H])c2c(c1[2H])-c1c(c([2H])c([2H])c3c1c1c([2H])c([2H])c([2H])c([2H])c1n3-c1nc(-c3ccc(-c4ccccc4)cc3)nc(-c3ccc4sc5ccccc5c4c3)n1)C2(C([2H])([2H])[2H])C([2H])([2H])[2H]. The van der Waals surface area contributed by atoms with Gasteiger partial charge in [0.25, 0.3) is 0 Å². The molecule has 0 saturated heterocycles. The predicted molar refractivity (Wildman–Crippen MR) is 221 cm³/mol. The summed E-state index contributed by atoms with van der Waals surface area (Å²) in [6.45, 7) is -7.29. The van der Waals surface area contributed by atoms with Gasteiger partial charge in [-0.3, -0.25) is 4.57 Å². The van der Waals surface area contributed by atoms with Crippen LogP contribution in [0, 0.1) is 0 Å². The molecule has 3 heterocycles. The van der Waals surface area contributed by atoms with Gasteiger partial charge in [-0.15, -0.1) is 11.3 Å². The van der Waals surface area contributed by atoms with E-state index in [1.807, 2.05) is 84.9 Å². The zero-order valence-electron chi connectivity index (χ0n) is 43.4. The molecule has 0 amide bonds. The van der Waals surface area contributed by atoms with Gasteiger partial charge in [-0.2, -0.15) is 9.97 Å². The first-order valence-corrected chi connectivity index (χ1v) is 17.5. The van der Waals surface area contributed by atoms with E-state index in [9.17, 15) is 6.85 Å². The van der Waals surface area contributed by atoms with Gasteiger partial charge in [0.1, 0.15) is 0 Å². The van der Waals surface area contributed by atoms with Gasteiger partial charge < -0.3 is 0 Å². The van der Waals surface area contributed by atoms with E-state index < -0.39 is 102 Å². The van der Waals surface area contributed by atoms with Gasteiger partial charge in [-0.25, -0.2) is 4.98 Å². The fourth-order valence-electron chi connectivity index (χ4n) is 7.34. The van der Waals surface area contributed by atoms with Crippen molar-refractivity contribution in [3.8, 4) is 51.0 Å². The quantitative estimate of drug-likeness (QED) is 0.182. The van der Waals surface area contributed by atoms with Crippen LogP contribution in [0.2, 0.25) is 0 Å². The van der Waals surface area contributed by atoms with E-state index in [-0.39, 0.29) is 39.4 Å². The molecule has 5 heteroatoms. The van der Waals surface area contributed by atoms with Crippen molar-refractivity contribution in [2.75, 3.05) is 0 Å². The molecule has 0 aliphatic heterocycles. The lowest BCUT2D eigenvalue weighted by atomic mass is 9.82. The zero-order valence-corrected chi connectivity index (χ0v) is 28.3. The van der Waals surface area contributed by atoms with Gasteiger partial charge in [0.15, 0.2) is 11.6 Å². The van der Waals surface area contributed by atoms with Crippen LogP contribution >= 0.6 is 11.3 Å². The number of hydrogen-bond acceptors (Lipinski definition) is 4. The molecule has 250 valence electrons. The first-order valence-electron chi connectivity index (χ1n) is 24.7. The van der Waals surface area contributed by atoms with Crippen LogP contribution in [0.25, 0.3) is 93.0 Å². The van der Waals surface area contributed by atoms with Crippen LogP contribution in [0.4, 0.5) is 0 Å². The third-order valence-electron chi connectivity index (χ3n) is 9.80. The van der Waals surface area contributed by atoms with E-state index in [1.165, 1.54) is 0 Å². The Morgan fingerprint density at radius 1 is 0.566 bits per heavy atom. The molecular formula is C48H32N4S. The first-order chi connectivity index (χ1) is 32.7. The van der Waals surface area contributed by atoms with Crippen LogP contribution in [0.15, 0.2) is 157 Å². The summed E-state index contributed by atoms with van der Waals surface area (Å²) in [5.41, 5.74) is -3.88. The fraction of sp³-hybridized carbons (Fsp3) is 0.0625. The second-order valence-electron chi connectivity index (χ2n) is 12.8. The van der Waals surface area contributed by atoms with Crippen LogP contribution in [0.3, 0.4) is 0 Å². The molecule has 53 heavy (non-hydrogen) atoms. The lowest BCUT2D eigenvalue weighted by Gasteiger charge is -2.21. The molecule has 0 radical (unpaired) electrons. The molecule has 0 fully saturated rings.